The van der Waals surface area contributed by atoms with E-state index in [0.717, 1.165) is 46.9 Å². The van der Waals surface area contributed by atoms with Crippen molar-refractivity contribution in [2.75, 3.05) is 25.1 Å². The molecule has 156 valence electrons. The Bertz CT molecular complexity index is 979. The number of anilines is 1. The molecular weight excluding hydrogens is 400 g/mol. The van der Waals surface area contributed by atoms with E-state index in [1.54, 1.807) is 0 Å². The number of amides is 2. The van der Waals surface area contributed by atoms with Gasteiger partial charge in [0.1, 0.15) is 0 Å². The smallest absolute Gasteiger partial charge is 0.238 e. The normalized spacial score (nSPS) is 22.8. The van der Waals surface area contributed by atoms with Gasteiger partial charge < -0.3 is 19.7 Å². The molecule has 3 aliphatic heterocycles. The number of carbonyl (C=O) groups is 2. The lowest BCUT2D eigenvalue weighted by Crippen LogP contribution is -2.37. The Kier molecular flexibility index (Phi) is 5.29. The Morgan fingerprint density at radius 3 is 2.83 bits per heavy atom. The molecule has 2 aromatic carbocycles. The van der Waals surface area contributed by atoms with E-state index in [2.05, 4.69) is 5.32 Å². The SMILES string of the molecule is O=C1Nc2ccccc2S[C@H]1CC(=O)N1CCC[C@@H]1c1ccc2c(c1)OCCCO2. The summed E-state index contributed by atoms with van der Waals surface area (Å²) in [6, 6.07) is 13.7. The lowest BCUT2D eigenvalue weighted by molar-refractivity contribution is -0.133. The third-order valence-corrected chi connectivity index (χ3v) is 7.07. The van der Waals surface area contributed by atoms with E-state index in [-0.39, 0.29) is 24.3 Å². The summed E-state index contributed by atoms with van der Waals surface area (Å²) >= 11 is 1.47. The van der Waals surface area contributed by atoms with Crippen LogP contribution in [0.2, 0.25) is 0 Å². The number of benzene rings is 2. The van der Waals surface area contributed by atoms with Crippen LogP contribution < -0.4 is 14.8 Å². The van der Waals surface area contributed by atoms with Gasteiger partial charge in [0.05, 0.1) is 30.2 Å². The molecule has 7 heteroatoms. The van der Waals surface area contributed by atoms with Gasteiger partial charge in [-0.1, -0.05) is 18.2 Å². The summed E-state index contributed by atoms with van der Waals surface area (Å²) in [4.78, 5) is 28.6. The van der Waals surface area contributed by atoms with Crippen molar-refractivity contribution in [3.05, 3.63) is 48.0 Å². The van der Waals surface area contributed by atoms with Crippen LogP contribution in [0.3, 0.4) is 0 Å². The number of hydrogen-bond donors (Lipinski definition) is 1. The zero-order chi connectivity index (χ0) is 20.5. The summed E-state index contributed by atoms with van der Waals surface area (Å²) in [7, 11) is 0. The summed E-state index contributed by atoms with van der Waals surface area (Å²) in [5, 5.41) is 2.52. The Labute approximate surface area is 179 Å². The molecule has 0 aromatic heterocycles. The largest absolute Gasteiger partial charge is 0.490 e. The van der Waals surface area contributed by atoms with Gasteiger partial charge >= 0.3 is 0 Å². The zero-order valence-corrected chi connectivity index (χ0v) is 17.5. The average molecular weight is 425 g/mol. The number of nitrogens with one attached hydrogen (secondary N) is 1. The molecule has 1 fully saturated rings. The number of rotatable bonds is 3. The van der Waals surface area contributed by atoms with Gasteiger partial charge in [-0.25, -0.2) is 0 Å². The van der Waals surface area contributed by atoms with Crippen molar-refractivity contribution in [1.82, 2.24) is 4.90 Å². The molecule has 0 bridgehead atoms. The third kappa shape index (κ3) is 3.74. The van der Waals surface area contributed by atoms with Crippen molar-refractivity contribution >= 4 is 29.3 Å². The van der Waals surface area contributed by atoms with Crippen LogP contribution in [0, 0.1) is 0 Å². The minimum atomic E-state index is -0.405. The molecule has 0 radical (unpaired) electrons. The molecule has 2 atom stereocenters. The topological polar surface area (TPSA) is 67.9 Å². The summed E-state index contributed by atoms with van der Waals surface area (Å²) in [6.45, 7) is 2.01. The molecule has 1 saturated heterocycles. The maximum atomic E-state index is 13.2. The van der Waals surface area contributed by atoms with Gasteiger partial charge in [0.2, 0.25) is 11.8 Å². The second-order valence-electron chi connectivity index (χ2n) is 7.80. The van der Waals surface area contributed by atoms with Crippen molar-refractivity contribution < 1.29 is 19.1 Å². The predicted octanol–water partition coefficient (Wildman–Crippen LogP) is 4.01. The van der Waals surface area contributed by atoms with Gasteiger partial charge in [-0.15, -0.1) is 11.8 Å². The van der Waals surface area contributed by atoms with Gasteiger partial charge in [-0.2, -0.15) is 0 Å². The highest BCUT2D eigenvalue weighted by molar-refractivity contribution is 8.01. The number of likely N-dealkylation sites (tertiary alicyclic amines) is 1. The highest BCUT2D eigenvalue weighted by Gasteiger charge is 2.35. The Hall–Kier alpha value is -2.67. The van der Waals surface area contributed by atoms with Crippen molar-refractivity contribution in [2.45, 2.75) is 41.9 Å². The van der Waals surface area contributed by atoms with Crippen molar-refractivity contribution in [2.24, 2.45) is 0 Å². The molecule has 3 heterocycles. The maximum Gasteiger partial charge on any atom is 0.238 e. The summed E-state index contributed by atoms with van der Waals surface area (Å²) in [5.74, 6) is 1.44. The van der Waals surface area contributed by atoms with E-state index in [1.165, 1.54) is 11.8 Å². The Morgan fingerprint density at radius 2 is 1.93 bits per heavy atom. The van der Waals surface area contributed by atoms with Crippen LogP contribution in [-0.4, -0.2) is 41.7 Å². The lowest BCUT2D eigenvalue weighted by Gasteiger charge is -2.29. The lowest BCUT2D eigenvalue weighted by atomic mass is 10.0. The molecule has 3 aliphatic rings. The fraction of sp³-hybridized carbons (Fsp3) is 0.391. The zero-order valence-electron chi connectivity index (χ0n) is 16.6. The minimum absolute atomic E-state index is 0.0126. The fourth-order valence-corrected chi connectivity index (χ4v) is 5.40. The Morgan fingerprint density at radius 1 is 1.10 bits per heavy atom. The highest BCUT2D eigenvalue weighted by Crippen LogP contribution is 2.40. The third-order valence-electron chi connectivity index (χ3n) is 5.80. The second-order valence-corrected chi connectivity index (χ2v) is 9.04. The Balaban J connectivity index is 1.31. The molecule has 0 spiro atoms. The van der Waals surface area contributed by atoms with E-state index in [9.17, 15) is 9.59 Å². The number of para-hydroxylation sites is 1. The second kappa shape index (κ2) is 8.22. The highest BCUT2D eigenvalue weighted by atomic mass is 32.2. The summed E-state index contributed by atoms with van der Waals surface area (Å²) in [5.41, 5.74) is 1.89. The average Bonchev–Trinajstić information content (AvgIpc) is 3.13. The number of nitrogens with zero attached hydrogens (tertiary/aromatic N) is 1. The molecular formula is C23H24N2O4S. The molecule has 2 aromatic rings. The van der Waals surface area contributed by atoms with Crippen LogP contribution in [-0.2, 0) is 9.59 Å². The van der Waals surface area contributed by atoms with Gasteiger partial charge in [0, 0.05) is 24.3 Å². The quantitative estimate of drug-likeness (QED) is 0.806. The predicted molar refractivity (Wildman–Crippen MR) is 115 cm³/mol. The van der Waals surface area contributed by atoms with Crippen molar-refractivity contribution in [1.29, 1.82) is 0 Å². The van der Waals surface area contributed by atoms with E-state index >= 15 is 0 Å². The number of thioether (sulfide) groups is 1. The number of ether oxygens (including phenoxy) is 2. The molecule has 2 amide bonds. The summed E-state index contributed by atoms with van der Waals surface area (Å²) in [6.07, 6.45) is 2.93. The van der Waals surface area contributed by atoms with Gasteiger partial charge in [-0.3, -0.25) is 9.59 Å². The molecule has 0 aliphatic carbocycles. The van der Waals surface area contributed by atoms with E-state index in [1.807, 2.05) is 47.4 Å². The monoisotopic (exact) mass is 424 g/mol. The van der Waals surface area contributed by atoms with E-state index < -0.39 is 5.25 Å². The fourth-order valence-electron chi connectivity index (χ4n) is 4.30. The van der Waals surface area contributed by atoms with Gasteiger partial charge in [0.25, 0.3) is 0 Å². The molecule has 1 N–H and O–H groups in total. The van der Waals surface area contributed by atoms with Gasteiger partial charge in [-0.05, 0) is 42.7 Å². The molecule has 6 nitrogen and oxygen atoms in total. The number of hydrogen-bond acceptors (Lipinski definition) is 5. The first-order valence-electron chi connectivity index (χ1n) is 10.4. The van der Waals surface area contributed by atoms with Crippen LogP contribution >= 0.6 is 11.8 Å². The molecule has 0 saturated carbocycles. The maximum absolute atomic E-state index is 13.2. The first kappa shape index (κ1) is 19.3. The number of carbonyl (C=O) groups excluding carboxylic acids is 2. The number of fused-ring (bicyclic) bond motifs is 2. The van der Waals surface area contributed by atoms with Crippen molar-refractivity contribution in [3.63, 3.8) is 0 Å². The van der Waals surface area contributed by atoms with Crippen LogP contribution in [0.1, 0.15) is 37.3 Å². The van der Waals surface area contributed by atoms with Crippen LogP contribution in [0.25, 0.3) is 0 Å². The molecule has 0 unspecified atom stereocenters. The van der Waals surface area contributed by atoms with Gasteiger partial charge in [0.15, 0.2) is 11.5 Å². The summed E-state index contributed by atoms with van der Waals surface area (Å²) < 4.78 is 11.6. The minimum Gasteiger partial charge on any atom is -0.490 e. The van der Waals surface area contributed by atoms with Crippen LogP contribution in [0.4, 0.5) is 5.69 Å². The van der Waals surface area contributed by atoms with E-state index in [0.29, 0.717) is 19.8 Å². The van der Waals surface area contributed by atoms with E-state index in [4.69, 9.17) is 9.47 Å². The standard InChI is InChI=1S/C23H24N2O4S/c26-22(14-21-23(27)24-16-5-1-2-7-20(16)30-21)25-10-3-6-17(25)15-8-9-18-19(13-15)29-12-4-11-28-18/h1-2,5,7-9,13,17,21H,3-4,6,10-12,14H2,(H,24,27)/t17-,21+/m1/s1. The first-order chi connectivity index (χ1) is 14.7. The van der Waals surface area contributed by atoms with Crippen LogP contribution in [0.15, 0.2) is 47.4 Å². The molecule has 5 rings (SSSR count). The van der Waals surface area contributed by atoms with Crippen molar-refractivity contribution in [3.8, 4) is 11.5 Å². The molecule has 30 heavy (non-hydrogen) atoms. The first-order valence-corrected chi connectivity index (χ1v) is 11.3. The van der Waals surface area contributed by atoms with Crippen LogP contribution in [0.5, 0.6) is 11.5 Å².